The van der Waals surface area contributed by atoms with Crippen molar-refractivity contribution < 1.29 is 9.53 Å². The van der Waals surface area contributed by atoms with E-state index in [1.807, 2.05) is 0 Å². The maximum absolute atomic E-state index is 12.2. The molecule has 0 unspecified atom stereocenters. The van der Waals surface area contributed by atoms with Crippen LogP contribution >= 0.6 is 12.4 Å². The second kappa shape index (κ2) is 9.25. The van der Waals surface area contributed by atoms with Crippen LogP contribution in [0.4, 0.5) is 0 Å². The normalized spacial score (nSPS) is 18.6. The highest BCUT2D eigenvalue weighted by molar-refractivity contribution is 5.94. The Kier molecular flexibility index (Phi) is 7.33. The minimum atomic E-state index is -0.106. The first-order valence-corrected chi connectivity index (χ1v) is 8.51. The van der Waals surface area contributed by atoms with Gasteiger partial charge in [-0.05, 0) is 12.8 Å². The molecule has 2 aliphatic rings. The topological polar surface area (TPSA) is 79.0 Å². The standard InChI is InChI=1S/C16H26N4O2.ClH/c21-16(15-13-11-17-8-7-14(13)19-20-15)18-9-10-22-12-5-3-1-2-4-6-12;/h12,17H,1-11H2,(H,18,21)(H,19,20);1H. The van der Waals surface area contributed by atoms with Crippen LogP contribution in [0, 0.1) is 0 Å². The van der Waals surface area contributed by atoms with Crippen molar-refractivity contribution in [1.29, 1.82) is 0 Å². The largest absolute Gasteiger partial charge is 0.376 e. The summed E-state index contributed by atoms with van der Waals surface area (Å²) in [5, 5.41) is 13.3. The Labute approximate surface area is 143 Å². The van der Waals surface area contributed by atoms with Crippen molar-refractivity contribution in [2.45, 2.75) is 57.6 Å². The summed E-state index contributed by atoms with van der Waals surface area (Å²) in [5.74, 6) is -0.106. The summed E-state index contributed by atoms with van der Waals surface area (Å²) in [6.07, 6.45) is 8.79. The number of hydrogen-bond donors (Lipinski definition) is 3. The average molecular weight is 343 g/mol. The van der Waals surface area contributed by atoms with E-state index in [0.717, 1.165) is 37.1 Å². The number of aromatic nitrogens is 2. The Hall–Kier alpha value is -1.11. The lowest BCUT2D eigenvalue weighted by molar-refractivity contribution is 0.0441. The quantitative estimate of drug-likeness (QED) is 0.564. The van der Waals surface area contributed by atoms with Gasteiger partial charge in [0.25, 0.3) is 5.91 Å². The number of H-pyrrole nitrogens is 1. The van der Waals surface area contributed by atoms with Crippen LogP contribution in [0.5, 0.6) is 0 Å². The Bertz CT molecular complexity index is 498. The van der Waals surface area contributed by atoms with E-state index in [-0.39, 0.29) is 18.3 Å². The van der Waals surface area contributed by atoms with Crippen molar-refractivity contribution in [1.82, 2.24) is 20.8 Å². The lowest BCUT2D eigenvalue weighted by atomic mass is 10.1. The highest BCUT2D eigenvalue weighted by Gasteiger charge is 2.21. The van der Waals surface area contributed by atoms with E-state index in [4.69, 9.17) is 4.74 Å². The van der Waals surface area contributed by atoms with Crippen LogP contribution in [0.15, 0.2) is 0 Å². The lowest BCUT2D eigenvalue weighted by Gasteiger charge is -2.15. The zero-order valence-electron chi connectivity index (χ0n) is 13.5. The van der Waals surface area contributed by atoms with Crippen LogP contribution in [0.2, 0.25) is 0 Å². The SMILES string of the molecule is Cl.O=C(NCCOC1CCCCCC1)c1n[nH]c2c1CNCC2. The van der Waals surface area contributed by atoms with Crippen molar-refractivity contribution in [3.8, 4) is 0 Å². The molecule has 130 valence electrons. The summed E-state index contributed by atoms with van der Waals surface area (Å²) < 4.78 is 5.89. The lowest BCUT2D eigenvalue weighted by Crippen LogP contribution is -2.31. The zero-order chi connectivity index (χ0) is 15.2. The minimum absolute atomic E-state index is 0. The number of carbonyl (C=O) groups is 1. The van der Waals surface area contributed by atoms with E-state index < -0.39 is 0 Å². The van der Waals surface area contributed by atoms with E-state index in [1.54, 1.807) is 0 Å². The smallest absolute Gasteiger partial charge is 0.272 e. The number of nitrogens with zero attached hydrogens (tertiary/aromatic N) is 1. The number of ether oxygens (including phenoxy) is 1. The molecule has 0 atom stereocenters. The summed E-state index contributed by atoms with van der Waals surface area (Å²) in [7, 11) is 0. The van der Waals surface area contributed by atoms with Crippen molar-refractivity contribution in [3.63, 3.8) is 0 Å². The van der Waals surface area contributed by atoms with Crippen LogP contribution < -0.4 is 10.6 Å². The molecular formula is C16H27ClN4O2. The predicted molar refractivity (Wildman–Crippen MR) is 91.0 cm³/mol. The molecule has 1 aromatic heterocycles. The number of nitrogens with one attached hydrogen (secondary N) is 3. The van der Waals surface area contributed by atoms with E-state index in [0.29, 0.717) is 31.5 Å². The van der Waals surface area contributed by atoms with E-state index in [1.165, 1.54) is 25.7 Å². The van der Waals surface area contributed by atoms with Gasteiger partial charge in [-0.3, -0.25) is 9.89 Å². The van der Waals surface area contributed by atoms with Crippen LogP contribution in [0.3, 0.4) is 0 Å². The molecule has 7 heteroatoms. The zero-order valence-corrected chi connectivity index (χ0v) is 14.3. The summed E-state index contributed by atoms with van der Waals surface area (Å²) >= 11 is 0. The van der Waals surface area contributed by atoms with Gasteiger partial charge in [-0.2, -0.15) is 5.10 Å². The summed E-state index contributed by atoms with van der Waals surface area (Å²) in [5.41, 5.74) is 2.61. The number of hydrogen-bond acceptors (Lipinski definition) is 4. The first kappa shape index (κ1) is 18.2. The highest BCUT2D eigenvalue weighted by atomic mass is 35.5. The summed E-state index contributed by atoms with van der Waals surface area (Å²) in [6.45, 7) is 2.78. The van der Waals surface area contributed by atoms with Crippen LogP contribution in [-0.2, 0) is 17.7 Å². The van der Waals surface area contributed by atoms with Gasteiger partial charge >= 0.3 is 0 Å². The fraction of sp³-hybridized carbons (Fsp3) is 0.750. The van der Waals surface area contributed by atoms with Gasteiger partial charge < -0.3 is 15.4 Å². The minimum Gasteiger partial charge on any atom is -0.376 e. The number of aromatic amines is 1. The molecule has 3 N–H and O–H groups in total. The monoisotopic (exact) mass is 342 g/mol. The highest BCUT2D eigenvalue weighted by Crippen LogP contribution is 2.19. The Morgan fingerprint density at radius 3 is 2.83 bits per heavy atom. The number of halogens is 1. The maximum Gasteiger partial charge on any atom is 0.272 e. The van der Waals surface area contributed by atoms with Gasteiger partial charge in [0.1, 0.15) is 0 Å². The molecule has 3 rings (SSSR count). The van der Waals surface area contributed by atoms with Gasteiger partial charge in [0.15, 0.2) is 5.69 Å². The molecule has 1 saturated carbocycles. The molecule has 1 amide bonds. The van der Waals surface area contributed by atoms with Gasteiger partial charge in [0, 0.05) is 37.3 Å². The number of fused-ring (bicyclic) bond motifs is 1. The molecule has 0 bridgehead atoms. The Morgan fingerprint density at radius 2 is 2.04 bits per heavy atom. The average Bonchev–Trinajstić information content (AvgIpc) is 2.80. The third-order valence-corrected chi connectivity index (χ3v) is 4.56. The van der Waals surface area contributed by atoms with Crippen molar-refractivity contribution in [2.24, 2.45) is 0 Å². The molecular weight excluding hydrogens is 316 g/mol. The van der Waals surface area contributed by atoms with Crippen molar-refractivity contribution in [2.75, 3.05) is 19.7 Å². The molecule has 23 heavy (non-hydrogen) atoms. The second-order valence-corrected chi connectivity index (χ2v) is 6.20. The number of rotatable bonds is 5. The molecule has 0 radical (unpaired) electrons. The number of carbonyl (C=O) groups excluding carboxylic acids is 1. The first-order valence-electron chi connectivity index (χ1n) is 8.51. The fourth-order valence-electron chi connectivity index (χ4n) is 3.30. The molecule has 1 aliphatic carbocycles. The maximum atomic E-state index is 12.2. The van der Waals surface area contributed by atoms with Gasteiger partial charge in [-0.25, -0.2) is 0 Å². The third kappa shape index (κ3) is 4.93. The fourth-order valence-corrected chi connectivity index (χ4v) is 3.30. The van der Waals surface area contributed by atoms with Crippen molar-refractivity contribution >= 4 is 18.3 Å². The molecule has 0 spiro atoms. The van der Waals surface area contributed by atoms with E-state index in [2.05, 4.69) is 20.8 Å². The second-order valence-electron chi connectivity index (χ2n) is 6.20. The van der Waals surface area contributed by atoms with E-state index >= 15 is 0 Å². The van der Waals surface area contributed by atoms with Crippen LogP contribution in [-0.4, -0.2) is 41.9 Å². The third-order valence-electron chi connectivity index (χ3n) is 4.56. The molecule has 0 aromatic carbocycles. The predicted octanol–water partition coefficient (Wildman–Crippen LogP) is 1.95. The van der Waals surface area contributed by atoms with Crippen LogP contribution in [0.25, 0.3) is 0 Å². The molecule has 1 aliphatic heterocycles. The van der Waals surface area contributed by atoms with Gasteiger partial charge in [-0.1, -0.05) is 25.7 Å². The van der Waals surface area contributed by atoms with Crippen molar-refractivity contribution in [3.05, 3.63) is 17.0 Å². The molecule has 0 saturated heterocycles. The molecule has 2 heterocycles. The van der Waals surface area contributed by atoms with E-state index in [9.17, 15) is 4.79 Å². The Balaban J connectivity index is 0.00000192. The molecule has 1 fully saturated rings. The van der Waals surface area contributed by atoms with Gasteiger partial charge in [0.05, 0.1) is 12.7 Å². The summed E-state index contributed by atoms with van der Waals surface area (Å²) in [6, 6.07) is 0. The Morgan fingerprint density at radius 1 is 1.26 bits per heavy atom. The summed E-state index contributed by atoms with van der Waals surface area (Å²) in [4.78, 5) is 12.2. The number of amides is 1. The molecule has 6 nitrogen and oxygen atoms in total. The molecule has 1 aromatic rings. The van der Waals surface area contributed by atoms with Crippen LogP contribution in [0.1, 0.15) is 60.3 Å². The first-order chi connectivity index (χ1) is 10.8. The van der Waals surface area contributed by atoms with Gasteiger partial charge in [0.2, 0.25) is 0 Å². The van der Waals surface area contributed by atoms with Gasteiger partial charge in [-0.15, -0.1) is 12.4 Å².